The Kier molecular flexibility index (Phi) is 85.2. The summed E-state index contributed by atoms with van der Waals surface area (Å²) in [6.45, 7) is -5.15. The average molecular weight is 1260 g/mol. The van der Waals surface area contributed by atoms with E-state index in [2.05, 4.69) is 33.5 Å². The summed E-state index contributed by atoms with van der Waals surface area (Å²) in [4.78, 5) is 0. The molecule has 0 amide bonds. The molecule has 50 heteroatoms. The van der Waals surface area contributed by atoms with Gasteiger partial charge in [0, 0.05) is 0 Å². The first kappa shape index (κ1) is 102. The predicted molar refractivity (Wildman–Crippen MR) is 138 cm³/mol. The van der Waals surface area contributed by atoms with Gasteiger partial charge in [-0.15, -0.1) is 0 Å². The third-order valence-electron chi connectivity index (χ3n) is 4.72. The standard InChI is InChI=1S/C11H22O30S8.8K.4H2O/c12-42(13)35-4(1-32-11-10(41-49(29,30)31)8(38-45(18)19)5(2-33-11)36-43(14)15)7(37-44(16)17)9(40-48(26,27)28)6(39-47(23,24)25)3-34-46(20,21)22;;;;;;;;;;;;/h4-11H,1-3H2,(H,12,13)(H,14,15)(H,16,17)(H,18,19)(H,20,21,22)(H,23,24,25)(H,26,27,28)(H,29,30,31);;;;;;;;;4*1H2/q;8*+1;;;;/p-12/t4-,5-,6-,7-,8+,9-,10-,11-;;;;;;;;;;;;/m1............/s1. The molecule has 4 unspecified atom stereocenters. The van der Waals surface area contributed by atoms with E-state index in [9.17, 15) is 86.9 Å². The van der Waals surface area contributed by atoms with Crippen LogP contribution >= 0.6 is 0 Å². The second-order valence-corrected chi connectivity index (χ2v) is 14.4. The van der Waals surface area contributed by atoms with Gasteiger partial charge in [-0.3, -0.25) is 33.5 Å². The number of hydrogen-bond acceptors (Lipinski definition) is 34. The van der Waals surface area contributed by atoms with Crippen LogP contribution < -0.4 is 411 Å². The van der Waals surface area contributed by atoms with Crippen molar-refractivity contribution in [2.45, 2.75) is 49.0 Å². The van der Waals surface area contributed by atoms with Crippen molar-refractivity contribution >= 4 is 87.0 Å². The molecule has 0 bridgehead atoms. The summed E-state index contributed by atoms with van der Waals surface area (Å²) in [5.74, 6) is 0. The van der Waals surface area contributed by atoms with Gasteiger partial charge in [-0.2, -0.15) is 0 Å². The van der Waals surface area contributed by atoms with Crippen molar-refractivity contribution in [1.82, 2.24) is 0 Å². The minimum Gasteiger partial charge on any atom is -0.870 e. The molecule has 0 spiro atoms. The van der Waals surface area contributed by atoms with Gasteiger partial charge >= 0.3 is 411 Å². The normalized spacial score (nSPS) is 21.0. The van der Waals surface area contributed by atoms with Crippen molar-refractivity contribution in [2.24, 2.45) is 0 Å². The van der Waals surface area contributed by atoms with Crippen LogP contribution in [0.15, 0.2) is 0 Å². The summed E-state index contributed by atoms with van der Waals surface area (Å²) in [5, 5.41) is 0. The Morgan fingerprint density at radius 2 is 0.951 bits per heavy atom. The van der Waals surface area contributed by atoms with E-state index in [0.717, 1.165) is 0 Å². The fraction of sp³-hybridized carbons (Fsp3) is 1.00. The van der Waals surface area contributed by atoms with Crippen molar-refractivity contribution in [2.75, 3.05) is 19.8 Å². The monoisotopic (exact) mass is 1260 g/mol. The maximum Gasteiger partial charge on any atom is 1.00 e. The molecule has 0 saturated carbocycles. The maximum absolute atomic E-state index is 11.4. The van der Waals surface area contributed by atoms with Crippen molar-refractivity contribution in [1.29, 1.82) is 0 Å². The zero-order valence-electron chi connectivity index (χ0n) is 32.0. The van der Waals surface area contributed by atoms with Crippen LogP contribution in [0.5, 0.6) is 0 Å². The molecule has 61 heavy (non-hydrogen) atoms. The first-order valence-corrected chi connectivity index (χ1v) is 20.2. The molecule has 12 atom stereocenters. The molecule has 0 radical (unpaired) electrons. The van der Waals surface area contributed by atoms with Crippen molar-refractivity contribution in [3.63, 3.8) is 0 Å². The minimum absolute atomic E-state index is 0. The van der Waals surface area contributed by atoms with Gasteiger partial charge in [0.2, 0.25) is 41.6 Å². The summed E-state index contributed by atoms with van der Waals surface area (Å²) in [5.41, 5.74) is 0. The smallest absolute Gasteiger partial charge is 0.870 e. The molecule has 0 aliphatic carbocycles. The Morgan fingerprint density at radius 1 is 0.525 bits per heavy atom. The van der Waals surface area contributed by atoms with E-state index in [1.54, 1.807) is 0 Å². The van der Waals surface area contributed by atoms with Crippen LogP contribution in [-0.4, -0.2) is 178 Å². The molecule has 1 aliphatic rings. The Bertz CT molecular complexity index is 1660. The molecule has 34 nitrogen and oxygen atoms in total. The fourth-order valence-corrected chi connectivity index (χ4v) is 6.66. The molecular formula is C11H18K8O34S8-4. The van der Waals surface area contributed by atoms with E-state index >= 15 is 0 Å². The van der Waals surface area contributed by atoms with Gasteiger partial charge in [0.15, 0.2) is 12.4 Å². The quantitative estimate of drug-likeness (QED) is 0.0397. The largest absolute Gasteiger partial charge is 1.00 e. The van der Waals surface area contributed by atoms with E-state index in [0.29, 0.717) is 0 Å². The number of ether oxygens (including phenoxy) is 2. The molecule has 4 N–H and O–H groups in total. The van der Waals surface area contributed by atoms with Crippen LogP contribution in [0.25, 0.3) is 0 Å². The van der Waals surface area contributed by atoms with Crippen molar-refractivity contribution < 1.29 is 563 Å². The molecule has 1 saturated heterocycles. The summed E-state index contributed by atoms with van der Waals surface area (Å²) in [6.07, 6.45) is -23.0. The van der Waals surface area contributed by atoms with Crippen LogP contribution in [0, 0.1) is 0 Å². The first-order chi connectivity index (χ1) is 22.1. The molecular weight excluding hydrogens is 1250 g/mol. The molecule has 1 heterocycles. The molecule has 0 aromatic rings. The maximum atomic E-state index is 11.4. The topological polar surface area (TPSA) is 602 Å². The molecule has 1 rings (SSSR count). The minimum atomic E-state index is -6.35. The zero-order valence-corrected chi connectivity index (χ0v) is 63.6. The third kappa shape index (κ3) is 51.8. The van der Waals surface area contributed by atoms with E-state index in [1.807, 2.05) is 0 Å². The predicted octanol–water partition coefficient (Wildman–Crippen LogP) is -32.6. The second-order valence-electron chi connectivity index (χ2n) is 7.92. The van der Waals surface area contributed by atoms with Crippen LogP contribution in [0.1, 0.15) is 0 Å². The van der Waals surface area contributed by atoms with Gasteiger partial charge in [-0.1, -0.05) is 0 Å². The summed E-state index contributed by atoms with van der Waals surface area (Å²) >= 11 is -15.3. The Morgan fingerprint density at radius 3 is 1.30 bits per heavy atom. The summed E-state index contributed by atoms with van der Waals surface area (Å²) < 4.78 is 267. The van der Waals surface area contributed by atoms with E-state index in [4.69, 9.17) is 9.47 Å². The molecule has 326 valence electrons. The van der Waals surface area contributed by atoms with Crippen molar-refractivity contribution in [3.8, 4) is 0 Å². The van der Waals surface area contributed by atoms with E-state index in [-0.39, 0.29) is 433 Å². The third-order valence-corrected chi connectivity index (χ3v) is 8.12. The van der Waals surface area contributed by atoms with Gasteiger partial charge in [-0.05, 0) is 0 Å². The molecule has 1 aliphatic heterocycles. The van der Waals surface area contributed by atoms with E-state index in [1.165, 1.54) is 0 Å². The van der Waals surface area contributed by atoms with E-state index < -0.39 is 156 Å². The Hall–Kier alpha value is 12.6. The van der Waals surface area contributed by atoms with Gasteiger partial charge in [0.25, 0.3) is 0 Å². The van der Waals surface area contributed by atoms with Crippen LogP contribution in [0.2, 0.25) is 0 Å². The number of rotatable bonds is 23. The SMILES string of the molecule is O=S([O-])O[C@@H]1[C@@H](OS(=O)(=O)[O-])[C@H](OC[C@@H](OS(=O)[O-])[C@@H](OS(=O)[O-])[C@H](OS(=O)(=O)[O-])[C@@H](COS(=O)(=O)[O-])OS(=O)(=O)[O-])OC[C@H]1OS(=O)[O-].[K+].[K+].[K+].[K+].[K+].[K+].[K+].[K+].[OH-].[OH-].[OH-].[OH-]. The van der Waals surface area contributed by atoms with Gasteiger partial charge in [0.05, 0.1) is 65.3 Å². The Balaban J connectivity index is -0.000000200. The Labute approximate surface area is 698 Å². The first-order valence-electron chi connectivity index (χ1n) is 10.9. The number of hydrogen-bond donors (Lipinski definition) is 0. The molecule has 1 fully saturated rings. The summed E-state index contributed by atoms with van der Waals surface area (Å²) in [7, 11) is -24.5. The average Bonchev–Trinajstić information content (AvgIpc) is 2.86. The van der Waals surface area contributed by atoms with Gasteiger partial charge in [-0.25, -0.2) is 50.5 Å². The van der Waals surface area contributed by atoms with Crippen LogP contribution in [0.3, 0.4) is 0 Å². The van der Waals surface area contributed by atoms with Crippen LogP contribution in [-0.2, 0) is 130 Å². The van der Waals surface area contributed by atoms with Gasteiger partial charge < -0.3 is 67.8 Å². The van der Waals surface area contributed by atoms with Gasteiger partial charge in [0.1, 0.15) is 36.6 Å². The molecule has 0 aromatic carbocycles. The summed E-state index contributed by atoms with van der Waals surface area (Å²) in [6, 6.07) is 0. The second kappa shape index (κ2) is 50.8. The molecule has 0 aromatic heterocycles. The van der Waals surface area contributed by atoms with Crippen LogP contribution in [0.4, 0.5) is 0 Å². The fourth-order valence-electron chi connectivity index (χ4n) is 3.35. The zero-order chi connectivity index (χ0) is 38.1. The van der Waals surface area contributed by atoms with Crippen molar-refractivity contribution in [3.05, 3.63) is 0 Å².